The van der Waals surface area contributed by atoms with Crippen molar-refractivity contribution < 1.29 is 14.1 Å². The number of nitrogens with zero attached hydrogens (tertiary/aromatic N) is 6. The van der Waals surface area contributed by atoms with Crippen molar-refractivity contribution in [3.8, 4) is 5.82 Å². The van der Waals surface area contributed by atoms with E-state index in [-0.39, 0.29) is 23.4 Å². The SMILES string of the molecule is C[C@@H]1C[C@H](C(=O)c2c[nH]c3nc(-n4nccn4)c(Cl)cc23)CCN1c1ccc(F)cc1[N+](=O)[O-]. The highest BCUT2D eigenvalue weighted by Gasteiger charge is 2.34. The zero-order chi connectivity index (χ0) is 24.0. The quantitative estimate of drug-likeness (QED) is 0.254. The standard InChI is InChI=1S/C22H19ClFN7O3/c1-12-8-13(4-7-29(12)18-3-2-14(24)9-19(18)31(33)34)20(32)16-11-25-21-15(16)10-17(23)22(28-21)30-26-5-6-27-30/h2-3,5-6,9-13H,4,7-8H2,1H3,(H,25,28)/t12-,13-/m1/s1. The molecule has 34 heavy (non-hydrogen) atoms. The van der Waals surface area contributed by atoms with Gasteiger partial charge in [-0.1, -0.05) is 11.6 Å². The minimum absolute atomic E-state index is 0.0470. The van der Waals surface area contributed by atoms with Crippen LogP contribution in [0.4, 0.5) is 15.8 Å². The summed E-state index contributed by atoms with van der Waals surface area (Å²) < 4.78 is 13.6. The molecule has 1 aromatic carbocycles. The van der Waals surface area contributed by atoms with Crippen LogP contribution in [0.1, 0.15) is 30.1 Å². The highest BCUT2D eigenvalue weighted by molar-refractivity contribution is 6.33. The number of nitro groups is 1. The Labute approximate surface area is 197 Å². The van der Waals surface area contributed by atoms with Gasteiger partial charge >= 0.3 is 0 Å². The Morgan fingerprint density at radius 2 is 2.06 bits per heavy atom. The Hall–Kier alpha value is -3.86. The van der Waals surface area contributed by atoms with Crippen molar-refractivity contribution in [1.29, 1.82) is 0 Å². The summed E-state index contributed by atoms with van der Waals surface area (Å²) in [6.07, 6.45) is 5.65. The van der Waals surface area contributed by atoms with Gasteiger partial charge in [0.25, 0.3) is 5.69 Å². The Kier molecular flexibility index (Phi) is 5.48. The van der Waals surface area contributed by atoms with Crippen LogP contribution in [0.2, 0.25) is 5.02 Å². The summed E-state index contributed by atoms with van der Waals surface area (Å²) in [5.74, 6) is -0.640. The molecule has 1 aliphatic rings. The summed E-state index contributed by atoms with van der Waals surface area (Å²) in [7, 11) is 0. The predicted molar refractivity (Wildman–Crippen MR) is 123 cm³/mol. The molecule has 5 rings (SSSR count). The molecule has 1 saturated heterocycles. The normalized spacial score (nSPS) is 18.4. The topological polar surface area (TPSA) is 123 Å². The lowest BCUT2D eigenvalue weighted by Crippen LogP contribution is -2.43. The Balaban J connectivity index is 1.39. The number of ketones is 1. The molecule has 0 unspecified atom stereocenters. The average Bonchev–Trinajstić information content (AvgIpc) is 3.48. The van der Waals surface area contributed by atoms with Gasteiger partial charge in [0.15, 0.2) is 11.6 Å². The molecule has 0 aliphatic carbocycles. The van der Waals surface area contributed by atoms with E-state index in [9.17, 15) is 19.3 Å². The van der Waals surface area contributed by atoms with Crippen LogP contribution in [0.3, 0.4) is 0 Å². The fraction of sp³-hybridized carbons (Fsp3) is 0.273. The summed E-state index contributed by atoms with van der Waals surface area (Å²) in [5.41, 5.74) is 1.05. The van der Waals surface area contributed by atoms with E-state index in [2.05, 4.69) is 20.2 Å². The molecule has 12 heteroatoms. The molecule has 2 atom stereocenters. The van der Waals surface area contributed by atoms with Gasteiger partial charge in [-0.15, -0.1) is 4.80 Å². The number of carbonyl (C=O) groups is 1. The molecule has 10 nitrogen and oxygen atoms in total. The van der Waals surface area contributed by atoms with Crippen molar-refractivity contribution >= 4 is 39.8 Å². The third-order valence-corrected chi connectivity index (χ3v) is 6.44. The van der Waals surface area contributed by atoms with Crippen LogP contribution in [0.5, 0.6) is 0 Å². The molecular formula is C22H19ClFN7O3. The fourth-order valence-electron chi connectivity index (χ4n) is 4.56. The van der Waals surface area contributed by atoms with Crippen molar-refractivity contribution in [3.63, 3.8) is 0 Å². The number of nitrogens with one attached hydrogen (secondary N) is 1. The summed E-state index contributed by atoms with van der Waals surface area (Å²) in [4.78, 5) is 34.9. The van der Waals surface area contributed by atoms with E-state index in [0.29, 0.717) is 52.5 Å². The number of Topliss-reactive ketones (excluding diaryl/α,β-unsaturated/α-hetero) is 1. The van der Waals surface area contributed by atoms with E-state index in [1.165, 1.54) is 29.3 Å². The summed E-state index contributed by atoms with van der Waals surface area (Å²) in [6, 6.07) is 5.08. The zero-order valence-corrected chi connectivity index (χ0v) is 18.7. The van der Waals surface area contributed by atoms with Crippen molar-refractivity contribution in [1.82, 2.24) is 25.0 Å². The first-order chi connectivity index (χ1) is 16.3. The fourth-order valence-corrected chi connectivity index (χ4v) is 4.78. The van der Waals surface area contributed by atoms with E-state index in [0.717, 1.165) is 6.07 Å². The number of aromatic amines is 1. The van der Waals surface area contributed by atoms with Crippen LogP contribution in [-0.4, -0.2) is 48.3 Å². The van der Waals surface area contributed by atoms with Gasteiger partial charge in [-0.05, 0) is 38.0 Å². The van der Waals surface area contributed by atoms with Crippen LogP contribution in [0.15, 0.2) is 42.9 Å². The molecular weight excluding hydrogens is 465 g/mol. The van der Waals surface area contributed by atoms with E-state index in [4.69, 9.17) is 11.6 Å². The number of anilines is 1. The molecule has 0 radical (unpaired) electrons. The molecule has 4 aromatic rings. The molecule has 1 aliphatic heterocycles. The third kappa shape index (κ3) is 3.77. The van der Waals surface area contributed by atoms with Crippen molar-refractivity contribution in [2.24, 2.45) is 5.92 Å². The molecule has 174 valence electrons. The molecule has 0 saturated carbocycles. The number of carbonyl (C=O) groups excluding carboxylic acids is 1. The smallest absolute Gasteiger partial charge is 0.295 e. The number of hydrogen-bond acceptors (Lipinski definition) is 7. The average molecular weight is 484 g/mol. The first-order valence-electron chi connectivity index (χ1n) is 10.6. The number of rotatable bonds is 5. The lowest BCUT2D eigenvalue weighted by Gasteiger charge is -2.38. The minimum atomic E-state index is -0.661. The second kappa shape index (κ2) is 8.49. The van der Waals surface area contributed by atoms with Gasteiger partial charge in [0.1, 0.15) is 17.2 Å². The predicted octanol–water partition coefficient (Wildman–Crippen LogP) is 4.33. The van der Waals surface area contributed by atoms with Gasteiger partial charge in [-0.3, -0.25) is 14.9 Å². The largest absolute Gasteiger partial charge is 0.363 e. The van der Waals surface area contributed by atoms with Crippen molar-refractivity contribution in [3.05, 3.63) is 69.4 Å². The molecule has 3 aromatic heterocycles. The van der Waals surface area contributed by atoms with Crippen LogP contribution in [-0.2, 0) is 0 Å². The van der Waals surface area contributed by atoms with E-state index < -0.39 is 10.7 Å². The monoisotopic (exact) mass is 483 g/mol. The first-order valence-corrected chi connectivity index (χ1v) is 11.0. The van der Waals surface area contributed by atoms with Crippen LogP contribution >= 0.6 is 11.6 Å². The molecule has 0 bridgehead atoms. The molecule has 4 heterocycles. The maximum Gasteiger partial charge on any atom is 0.295 e. The first kappa shape index (κ1) is 22.0. The Bertz CT molecular complexity index is 1410. The highest BCUT2D eigenvalue weighted by Crippen LogP contribution is 2.36. The highest BCUT2D eigenvalue weighted by atomic mass is 35.5. The second-order valence-corrected chi connectivity index (χ2v) is 8.64. The summed E-state index contributed by atoms with van der Waals surface area (Å²) in [5, 5.41) is 20.4. The van der Waals surface area contributed by atoms with Crippen molar-refractivity contribution in [2.75, 3.05) is 11.4 Å². The van der Waals surface area contributed by atoms with Crippen LogP contribution < -0.4 is 4.90 Å². The number of nitro benzene ring substituents is 1. The number of aromatic nitrogens is 5. The van der Waals surface area contributed by atoms with Gasteiger partial charge in [0, 0.05) is 35.7 Å². The number of halogens is 2. The Morgan fingerprint density at radius 3 is 2.76 bits per heavy atom. The van der Waals surface area contributed by atoms with E-state index >= 15 is 0 Å². The molecule has 1 fully saturated rings. The number of H-pyrrole nitrogens is 1. The second-order valence-electron chi connectivity index (χ2n) is 8.23. The summed E-state index contributed by atoms with van der Waals surface area (Å²) >= 11 is 6.40. The molecule has 0 amide bonds. The number of fused-ring (bicyclic) bond motifs is 1. The number of pyridine rings is 1. The lowest BCUT2D eigenvalue weighted by molar-refractivity contribution is -0.384. The Morgan fingerprint density at radius 1 is 1.29 bits per heavy atom. The van der Waals surface area contributed by atoms with E-state index in [1.807, 2.05) is 11.8 Å². The van der Waals surface area contributed by atoms with Gasteiger partial charge in [-0.2, -0.15) is 10.2 Å². The van der Waals surface area contributed by atoms with E-state index in [1.54, 1.807) is 12.3 Å². The van der Waals surface area contributed by atoms with Crippen molar-refractivity contribution in [2.45, 2.75) is 25.8 Å². The maximum absolute atomic E-state index is 13.6. The zero-order valence-electron chi connectivity index (χ0n) is 18.0. The van der Waals surface area contributed by atoms with Gasteiger partial charge in [-0.25, -0.2) is 9.37 Å². The van der Waals surface area contributed by atoms with Gasteiger partial charge < -0.3 is 9.88 Å². The maximum atomic E-state index is 13.6. The van der Waals surface area contributed by atoms with Gasteiger partial charge in [0.05, 0.1) is 28.4 Å². The number of benzene rings is 1. The molecule has 0 spiro atoms. The lowest BCUT2D eigenvalue weighted by atomic mass is 9.85. The number of piperidine rings is 1. The van der Waals surface area contributed by atoms with Crippen LogP contribution in [0, 0.1) is 21.8 Å². The minimum Gasteiger partial charge on any atom is -0.363 e. The third-order valence-electron chi connectivity index (χ3n) is 6.17. The van der Waals surface area contributed by atoms with Crippen LogP contribution in [0.25, 0.3) is 16.9 Å². The number of hydrogen-bond donors (Lipinski definition) is 1. The molecule has 1 N–H and O–H groups in total. The van der Waals surface area contributed by atoms with Gasteiger partial charge in [0.2, 0.25) is 0 Å². The summed E-state index contributed by atoms with van der Waals surface area (Å²) in [6.45, 7) is 2.34.